The molecule has 0 aromatic rings. The van der Waals surface area contributed by atoms with Gasteiger partial charge in [0.15, 0.2) is 24.6 Å². The molecule has 1 aliphatic rings. The van der Waals surface area contributed by atoms with Crippen LogP contribution in [-0.4, -0.2) is 89.2 Å². The zero-order valence-electron chi connectivity index (χ0n) is 47.4. The minimum atomic E-state index is -1.94. The summed E-state index contributed by atoms with van der Waals surface area (Å²) in [6, 6.07) is 0. The van der Waals surface area contributed by atoms with Crippen LogP contribution in [0, 0.1) is 0 Å². The van der Waals surface area contributed by atoms with Crippen molar-refractivity contribution in [1.29, 1.82) is 0 Å². The largest absolute Gasteiger partial charge is 0.479 e. The second-order valence-electron chi connectivity index (χ2n) is 19.2. The van der Waals surface area contributed by atoms with E-state index in [4.69, 9.17) is 23.7 Å². The molecule has 1 aliphatic heterocycles. The molecule has 77 heavy (non-hydrogen) atoms. The summed E-state index contributed by atoms with van der Waals surface area (Å²) < 4.78 is 28.3. The molecule has 12 heteroatoms. The van der Waals surface area contributed by atoms with E-state index in [1.54, 1.807) is 0 Å². The first-order chi connectivity index (χ1) is 37.6. The number of aliphatic hydroxyl groups is 2. The average Bonchev–Trinajstić information content (AvgIpc) is 3.42. The number of hydrogen-bond donors (Lipinski definition) is 3. The second-order valence-corrected chi connectivity index (χ2v) is 19.2. The fourth-order valence-electron chi connectivity index (χ4n) is 7.79. The highest BCUT2D eigenvalue weighted by atomic mass is 16.7. The summed E-state index contributed by atoms with van der Waals surface area (Å²) >= 11 is 0. The number of carboxylic acid groups (broad SMARTS) is 1. The molecule has 0 aliphatic carbocycles. The number of carbonyl (C=O) groups excluding carboxylic acids is 3. The molecule has 0 bridgehead atoms. The summed E-state index contributed by atoms with van der Waals surface area (Å²) in [5.41, 5.74) is 0. The van der Waals surface area contributed by atoms with Gasteiger partial charge in [0.25, 0.3) is 0 Å². The SMILES string of the molecule is CC/C=C\C/C=C\C/C=C\C/C=C\C/C=C\CCCCCC(=O)OCC(COC1OC(C(=O)O)C(O)C(O)C1OC(=O)CC/C=C\C/C=C\C/C=C\C/C=C\CC)OC(=O)CCCCCCC/C=C\C/C=C\CCCCC. The van der Waals surface area contributed by atoms with Crippen LogP contribution in [-0.2, 0) is 42.9 Å². The molecule has 0 saturated carbocycles. The summed E-state index contributed by atoms with van der Waals surface area (Å²) in [7, 11) is 0. The lowest BCUT2D eigenvalue weighted by molar-refractivity contribution is -0.301. The Kier molecular flexibility index (Phi) is 46.8. The fourth-order valence-corrected chi connectivity index (χ4v) is 7.79. The molecule has 1 saturated heterocycles. The van der Waals surface area contributed by atoms with Crippen molar-refractivity contribution in [3.63, 3.8) is 0 Å². The van der Waals surface area contributed by atoms with E-state index >= 15 is 0 Å². The van der Waals surface area contributed by atoms with E-state index in [1.165, 1.54) is 19.3 Å². The highest BCUT2D eigenvalue weighted by molar-refractivity contribution is 5.74. The number of aliphatic hydroxyl groups excluding tert-OH is 2. The summed E-state index contributed by atoms with van der Waals surface area (Å²) in [6.45, 7) is 5.64. The zero-order valence-corrected chi connectivity index (χ0v) is 47.4. The van der Waals surface area contributed by atoms with E-state index in [0.29, 0.717) is 25.7 Å². The van der Waals surface area contributed by atoms with Crippen LogP contribution in [0.3, 0.4) is 0 Å². The third-order valence-electron chi connectivity index (χ3n) is 12.2. The van der Waals surface area contributed by atoms with Gasteiger partial charge in [-0.05, 0) is 122 Å². The van der Waals surface area contributed by atoms with Crippen molar-refractivity contribution in [1.82, 2.24) is 0 Å². The standard InChI is InChI=1S/C65H100O12/c1-4-7-10-13-16-19-22-25-27-28-29-30-32-34-36-39-42-45-48-51-57(66)73-54-56(75-58(67)52-49-46-43-40-38-35-31-26-23-20-17-14-11-8-5-2)55-74-65-63(61(70)60(69)62(77-65)64(71)72)76-59(68)53-50-47-44-41-37-33-24-21-18-15-12-9-6-3/h7,9-10,12,16-21,25-27,29-31,33-34,36-37,44,47,56,60-63,65,69-70H,4-6,8,11,13-15,22-24,28,32,35,38-43,45-46,48-55H2,1-3H3,(H,71,72)/b10-7-,12-9-,19-16-,20-17-,21-18-,27-25-,30-29-,31-26-,36-34-,37-33-,47-44-. The maximum absolute atomic E-state index is 13.1. The highest BCUT2D eigenvalue weighted by Crippen LogP contribution is 2.26. The first-order valence-electron chi connectivity index (χ1n) is 29.2. The van der Waals surface area contributed by atoms with E-state index in [0.717, 1.165) is 116 Å². The van der Waals surface area contributed by atoms with Gasteiger partial charge in [0.2, 0.25) is 0 Å². The Morgan fingerprint density at radius 2 is 0.844 bits per heavy atom. The Morgan fingerprint density at radius 3 is 1.31 bits per heavy atom. The third-order valence-corrected chi connectivity index (χ3v) is 12.2. The van der Waals surface area contributed by atoms with Crippen LogP contribution in [0.25, 0.3) is 0 Å². The molecule has 6 atom stereocenters. The molecule has 0 spiro atoms. The first-order valence-corrected chi connectivity index (χ1v) is 29.2. The zero-order chi connectivity index (χ0) is 56.1. The van der Waals surface area contributed by atoms with Crippen LogP contribution in [0.5, 0.6) is 0 Å². The Balaban J connectivity index is 2.77. The van der Waals surface area contributed by atoms with Gasteiger partial charge in [0, 0.05) is 19.3 Å². The number of unbranched alkanes of at least 4 members (excludes halogenated alkanes) is 11. The molecule has 0 aromatic carbocycles. The number of ether oxygens (including phenoxy) is 5. The van der Waals surface area contributed by atoms with Crippen molar-refractivity contribution < 1.29 is 58.2 Å². The van der Waals surface area contributed by atoms with Gasteiger partial charge in [0.1, 0.15) is 18.8 Å². The van der Waals surface area contributed by atoms with Crippen molar-refractivity contribution in [2.24, 2.45) is 0 Å². The monoisotopic (exact) mass is 1070 g/mol. The normalized spacial score (nSPS) is 19.0. The fraction of sp³-hybridized carbons (Fsp3) is 0.600. The van der Waals surface area contributed by atoms with Crippen LogP contribution >= 0.6 is 0 Å². The Labute approximate surface area is 464 Å². The predicted octanol–water partition coefficient (Wildman–Crippen LogP) is 15.0. The Hall–Kier alpha value is -5.14. The van der Waals surface area contributed by atoms with Crippen LogP contribution < -0.4 is 0 Å². The summed E-state index contributed by atoms with van der Waals surface area (Å²) in [6.07, 6.45) is 60.1. The number of rotatable bonds is 47. The molecule has 1 heterocycles. The third kappa shape index (κ3) is 41.6. The molecular weight excluding hydrogens is 973 g/mol. The van der Waals surface area contributed by atoms with Crippen LogP contribution in [0.15, 0.2) is 134 Å². The van der Waals surface area contributed by atoms with Crippen molar-refractivity contribution in [3.8, 4) is 0 Å². The summed E-state index contributed by atoms with van der Waals surface area (Å²) in [5, 5.41) is 31.4. The Morgan fingerprint density at radius 1 is 0.442 bits per heavy atom. The van der Waals surface area contributed by atoms with E-state index < -0.39 is 67.3 Å². The number of aliphatic carboxylic acids is 1. The summed E-state index contributed by atoms with van der Waals surface area (Å²) in [5.74, 6) is -3.31. The highest BCUT2D eigenvalue weighted by Gasteiger charge is 2.50. The van der Waals surface area contributed by atoms with E-state index in [9.17, 15) is 34.5 Å². The van der Waals surface area contributed by atoms with Crippen LogP contribution in [0.4, 0.5) is 0 Å². The first kappa shape index (κ1) is 69.9. The molecule has 0 aromatic heterocycles. The van der Waals surface area contributed by atoms with Crippen molar-refractivity contribution in [2.45, 2.75) is 237 Å². The minimum absolute atomic E-state index is 0.0730. The molecule has 3 N–H and O–H groups in total. The van der Waals surface area contributed by atoms with Gasteiger partial charge >= 0.3 is 23.9 Å². The Bertz CT molecular complexity index is 1850. The van der Waals surface area contributed by atoms with Gasteiger partial charge in [0.05, 0.1) is 6.61 Å². The number of esters is 3. The topological polar surface area (TPSA) is 175 Å². The maximum atomic E-state index is 13.1. The van der Waals surface area contributed by atoms with Crippen LogP contribution in [0.1, 0.15) is 201 Å². The smallest absolute Gasteiger partial charge is 0.335 e. The lowest BCUT2D eigenvalue weighted by Crippen LogP contribution is -2.61. The minimum Gasteiger partial charge on any atom is -0.479 e. The molecule has 6 unspecified atom stereocenters. The molecule has 0 amide bonds. The maximum Gasteiger partial charge on any atom is 0.335 e. The van der Waals surface area contributed by atoms with E-state index in [2.05, 4.69) is 136 Å². The summed E-state index contributed by atoms with van der Waals surface area (Å²) in [4.78, 5) is 51.1. The second kappa shape index (κ2) is 51.6. The van der Waals surface area contributed by atoms with Gasteiger partial charge in [-0.15, -0.1) is 0 Å². The lowest BCUT2D eigenvalue weighted by atomic mass is 9.98. The van der Waals surface area contributed by atoms with Crippen molar-refractivity contribution >= 4 is 23.9 Å². The number of allylic oxidation sites excluding steroid dienone is 22. The van der Waals surface area contributed by atoms with Gasteiger partial charge in [-0.2, -0.15) is 0 Å². The molecule has 12 nitrogen and oxygen atoms in total. The van der Waals surface area contributed by atoms with Gasteiger partial charge in [-0.3, -0.25) is 14.4 Å². The quantitative estimate of drug-likeness (QED) is 0.0228. The van der Waals surface area contributed by atoms with Gasteiger partial charge in [-0.1, -0.05) is 193 Å². The molecular formula is C65H100O12. The van der Waals surface area contributed by atoms with Crippen molar-refractivity contribution in [2.75, 3.05) is 13.2 Å². The predicted molar refractivity (Wildman–Crippen MR) is 312 cm³/mol. The van der Waals surface area contributed by atoms with E-state index in [-0.39, 0.29) is 25.9 Å². The number of carboxylic acids is 1. The number of carbonyl (C=O) groups is 4. The molecule has 1 rings (SSSR count). The van der Waals surface area contributed by atoms with E-state index in [1.807, 2.05) is 18.2 Å². The van der Waals surface area contributed by atoms with Crippen molar-refractivity contribution in [3.05, 3.63) is 134 Å². The molecule has 432 valence electrons. The van der Waals surface area contributed by atoms with Gasteiger partial charge < -0.3 is 39.0 Å². The van der Waals surface area contributed by atoms with Crippen LogP contribution in [0.2, 0.25) is 0 Å². The number of hydrogen-bond acceptors (Lipinski definition) is 11. The average molecular weight is 1070 g/mol. The molecule has 0 radical (unpaired) electrons. The van der Waals surface area contributed by atoms with Gasteiger partial charge in [-0.25, -0.2) is 4.79 Å². The lowest BCUT2D eigenvalue weighted by Gasteiger charge is -2.40. The molecule has 1 fully saturated rings.